The van der Waals surface area contributed by atoms with Crippen molar-refractivity contribution >= 4 is 5.78 Å². The van der Waals surface area contributed by atoms with Crippen LogP contribution < -0.4 is 35.1 Å². The molecule has 1 aromatic heterocycles. The van der Waals surface area contributed by atoms with Gasteiger partial charge in [0.15, 0.2) is 17.3 Å². The number of ether oxygens (including phenoxy) is 4. The molecule has 0 saturated heterocycles. The summed E-state index contributed by atoms with van der Waals surface area (Å²) in [6.07, 6.45) is 0.624. The van der Waals surface area contributed by atoms with E-state index >= 15 is 0 Å². The molecule has 0 spiro atoms. The fraction of sp³-hybridized carbons (Fsp3) is 0.320. The molecular formula is C25H26N3O8+. The number of hydrogen-bond donors (Lipinski definition) is 3. The lowest BCUT2D eigenvalue weighted by molar-refractivity contribution is -0.913. The summed E-state index contributed by atoms with van der Waals surface area (Å²) >= 11 is 0. The molecule has 36 heavy (non-hydrogen) atoms. The van der Waals surface area contributed by atoms with Crippen LogP contribution in [0, 0.1) is 0 Å². The van der Waals surface area contributed by atoms with Crippen LogP contribution >= 0.6 is 0 Å². The standard InChI is InChI=1S/C25H25N3O8/c1-27-9-8-13-10-18-21(36-12-35-18)22(34-3)19(13)15(27)11-16(29)20-23(30)26-25(32)28(24(20)31)14-6-4-5-7-17(14)33-2/h4-7,10,15,31H,8-9,11-12H2,1-3H3,(H,26,30,32)/p+1/t15-/m1/s1. The van der Waals surface area contributed by atoms with Crippen molar-refractivity contribution in [3.05, 3.63) is 67.9 Å². The molecule has 3 N–H and O–H groups in total. The van der Waals surface area contributed by atoms with Gasteiger partial charge < -0.3 is 29.0 Å². The van der Waals surface area contributed by atoms with Crippen LogP contribution in [-0.4, -0.2) is 55.0 Å². The maximum Gasteiger partial charge on any atom is 0.335 e. The summed E-state index contributed by atoms with van der Waals surface area (Å²) in [4.78, 5) is 42.1. The highest BCUT2D eigenvalue weighted by Gasteiger charge is 2.38. The van der Waals surface area contributed by atoms with Crippen molar-refractivity contribution in [2.45, 2.75) is 18.9 Å². The molecule has 3 heterocycles. The minimum Gasteiger partial charge on any atom is -0.495 e. The second-order valence-corrected chi connectivity index (χ2v) is 8.71. The van der Waals surface area contributed by atoms with Crippen LogP contribution in [0.4, 0.5) is 0 Å². The summed E-state index contributed by atoms with van der Waals surface area (Å²) in [7, 11) is 4.89. The molecule has 2 aliphatic heterocycles. The predicted molar refractivity (Wildman–Crippen MR) is 127 cm³/mol. The molecule has 0 bridgehead atoms. The van der Waals surface area contributed by atoms with E-state index in [4.69, 9.17) is 18.9 Å². The zero-order valence-corrected chi connectivity index (χ0v) is 20.0. The monoisotopic (exact) mass is 496 g/mol. The molecule has 2 aromatic carbocycles. The molecule has 11 nitrogen and oxygen atoms in total. The van der Waals surface area contributed by atoms with E-state index < -0.39 is 34.5 Å². The maximum absolute atomic E-state index is 13.6. The van der Waals surface area contributed by atoms with Crippen molar-refractivity contribution in [3.63, 3.8) is 0 Å². The first-order chi connectivity index (χ1) is 17.3. The molecule has 0 fully saturated rings. The first-order valence-electron chi connectivity index (χ1n) is 11.4. The fourth-order valence-electron chi connectivity index (χ4n) is 5.00. The number of H-pyrrole nitrogens is 1. The van der Waals surface area contributed by atoms with Gasteiger partial charge in [-0.3, -0.25) is 14.6 Å². The average molecular weight is 496 g/mol. The average Bonchev–Trinajstić information content (AvgIpc) is 3.33. The molecule has 5 rings (SSSR count). The zero-order chi connectivity index (χ0) is 25.6. The van der Waals surface area contributed by atoms with Gasteiger partial charge in [0, 0.05) is 6.42 Å². The minimum absolute atomic E-state index is 0.0780. The van der Waals surface area contributed by atoms with Gasteiger partial charge in [-0.2, -0.15) is 0 Å². The van der Waals surface area contributed by atoms with Crippen molar-refractivity contribution < 1.29 is 33.7 Å². The summed E-state index contributed by atoms with van der Waals surface area (Å²) < 4.78 is 23.0. The molecule has 1 unspecified atom stereocenters. The molecular weight excluding hydrogens is 470 g/mol. The van der Waals surface area contributed by atoms with Crippen molar-refractivity contribution in [2.24, 2.45) is 0 Å². The predicted octanol–water partition coefficient (Wildman–Crippen LogP) is 0.362. The Morgan fingerprint density at radius 3 is 2.75 bits per heavy atom. The van der Waals surface area contributed by atoms with Crippen LogP contribution in [0.3, 0.4) is 0 Å². The van der Waals surface area contributed by atoms with E-state index in [-0.39, 0.29) is 24.7 Å². The van der Waals surface area contributed by atoms with E-state index in [0.717, 1.165) is 33.6 Å². The summed E-state index contributed by atoms with van der Waals surface area (Å²) in [6.45, 7) is 0.811. The molecule has 188 valence electrons. The Labute approximate surface area is 205 Å². The molecule has 0 aliphatic carbocycles. The number of fused-ring (bicyclic) bond motifs is 2. The van der Waals surface area contributed by atoms with E-state index in [1.54, 1.807) is 18.2 Å². The lowest BCUT2D eigenvalue weighted by Gasteiger charge is -2.32. The highest BCUT2D eigenvalue weighted by atomic mass is 16.7. The smallest absolute Gasteiger partial charge is 0.335 e. The quantitative estimate of drug-likeness (QED) is 0.417. The second-order valence-electron chi connectivity index (χ2n) is 8.71. The molecule has 0 radical (unpaired) electrons. The lowest BCUT2D eigenvalue weighted by Crippen LogP contribution is -3.10. The lowest BCUT2D eigenvalue weighted by atomic mass is 9.87. The number of likely N-dealkylation sites (N-methyl/N-ethyl adjacent to an activating group) is 1. The van der Waals surface area contributed by atoms with Gasteiger partial charge in [-0.15, -0.1) is 0 Å². The number of carbonyl (C=O) groups excluding carboxylic acids is 1. The Morgan fingerprint density at radius 2 is 2.00 bits per heavy atom. The number of quaternary nitrogens is 1. The fourth-order valence-corrected chi connectivity index (χ4v) is 5.00. The Hall–Kier alpha value is -4.25. The van der Waals surface area contributed by atoms with Gasteiger partial charge in [-0.25, -0.2) is 9.36 Å². The summed E-state index contributed by atoms with van der Waals surface area (Å²) in [5.41, 5.74) is -0.392. The highest BCUT2D eigenvalue weighted by molar-refractivity contribution is 5.98. The zero-order valence-electron chi connectivity index (χ0n) is 20.0. The van der Waals surface area contributed by atoms with Crippen LogP contribution in [-0.2, 0) is 6.42 Å². The number of aromatic nitrogens is 2. The van der Waals surface area contributed by atoms with Crippen LogP contribution in [0.5, 0.6) is 28.9 Å². The topological polar surface area (TPSA) is 134 Å². The minimum atomic E-state index is -0.958. The van der Waals surface area contributed by atoms with Gasteiger partial charge in [-0.1, -0.05) is 12.1 Å². The van der Waals surface area contributed by atoms with Crippen molar-refractivity contribution in [2.75, 3.05) is 34.6 Å². The SMILES string of the molecule is COc1ccccc1-n1c(O)c(C(=O)C[C@@H]2c3c(cc4c(c3OC)OCO4)CC[NH+]2C)c(=O)[nH]c1=O. The van der Waals surface area contributed by atoms with Crippen LogP contribution in [0.2, 0.25) is 0 Å². The Kier molecular flexibility index (Phi) is 5.92. The first kappa shape index (κ1) is 23.5. The third-order valence-corrected chi connectivity index (χ3v) is 6.76. The number of carbonyl (C=O) groups is 1. The number of hydrogen-bond acceptors (Lipinski definition) is 8. The van der Waals surface area contributed by atoms with E-state index in [1.165, 1.54) is 20.3 Å². The number of aromatic amines is 1. The molecule has 11 heteroatoms. The largest absolute Gasteiger partial charge is 0.495 e. The van der Waals surface area contributed by atoms with Crippen LogP contribution in [0.25, 0.3) is 5.69 Å². The number of para-hydroxylation sites is 2. The van der Waals surface area contributed by atoms with E-state index in [1.807, 2.05) is 13.1 Å². The Morgan fingerprint density at radius 1 is 1.22 bits per heavy atom. The van der Waals surface area contributed by atoms with Gasteiger partial charge in [0.2, 0.25) is 18.4 Å². The summed E-state index contributed by atoms with van der Waals surface area (Å²) in [6, 6.07) is 7.98. The number of ketones is 1. The molecule has 0 amide bonds. The number of aromatic hydroxyl groups is 1. The number of methoxy groups -OCH3 is 2. The van der Waals surface area contributed by atoms with E-state index in [2.05, 4.69) is 4.98 Å². The number of benzene rings is 2. The maximum atomic E-state index is 13.6. The third kappa shape index (κ3) is 3.68. The van der Waals surface area contributed by atoms with E-state index in [0.29, 0.717) is 17.2 Å². The summed E-state index contributed by atoms with van der Waals surface area (Å²) in [5, 5.41) is 11.0. The van der Waals surface area contributed by atoms with E-state index in [9.17, 15) is 19.5 Å². The second kappa shape index (κ2) is 9.08. The van der Waals surface area contributed by atoms with Gasteiger partial charge in [0.05, 0.1) is 45.5 Å². The highest BCUT2D eigenvalue weighted by Crippen LogP contribution is 2.48. The van der Waals surface area contributed by atoms with Crippen LogP contribution in [0.1, 0.15) is 33.9 Å². The third-order valence-electron chi connectivity index (χ3n) is 6.76. The molecule has 0 saturated carbocycles. The van der Waals surface area contributed by atoms with Gasteiger partial charge >= 0.3 is 5.69 Å². The summed E-state index contributed by atoms with van der Waals surface area (Å²) in [5.74, 6) is 0.487. The van der Waals surface area contributed by atoms with Gasteiger partial charge in [0.25, 0.3) is 5.56 Å². The Bertz CT molecular complexity index is 1480. The van der Waals surface area contributed by atoms with Crippen molar-refractivity contribution in [3.8, 4) is 34.6 Å². The van der Waals surface area contributed by atoms with Crippen LogP contribution in [0.15, 0.2) is 39.9 Å². The molecule has 2 aliphatic rings. The van der Waals surface area contributed by atoms with Crippen molar-refractivity contribution in [1.29, 1.82) is 0 Å². The molecule has 2 atom stereocenters. The number of nitrogens with one attached hydrogen (secondary N) is 2. The van der Waals surface area contributed by atoms with Gasteiger partial charge in [0.1, 0.15) is 17.4 Å². The van der Waals surface area contributed by atoms with Gasteiger partial charge in [-0.05, 0) is 23.8 Å². The first-order valence-corrected chi connectivity index (χ1v) is 11.4. The normalized spacial score (nSPS) is 18.0. The number of nitrogens with zero attached hydrogens (tertiary/aromatic N) is 1. The molecule has 3 aromatic rings. The van der Waals surface area contributed by atoms with Crippen molar-refractivity contribution in [1.82, 2.24) is 9.55 Å². The number of rotatable bonds is 6. The Balaban J connectivity index is 1.59. The number of Topliss-reactive ketones (excluding diaryl/α,β-unsaturated/α-hetero) is 1.